The molecule has 0 bridgehead atoms. The van der Waals surface area contributed by atoms with Crippen molar-refractivity contribution in [3.05, 3.63) is 21.3 Å². The lowest BCUT2D eigenvalue weighted by Gasteiger charge is -2.28. The minimum Gasteiger partial charge on any atom is -0.353 e. The van der Waals surface area contributed by atoms with Crippen molar-refractivity contribution in [1.29, 1.82) is 0 Å². The van der Waals surface area contributed by atoms with Gasteiger partial charge in [-0.05, 0) is 44.9 Å². The van der Waals surface area contributed by atoms with Gasteiger partial charge in [0, 0.05) is 23.4 Å². The van der Waals surface area contributed by atoms with Crippen molar-refractivity contribution in [1.82, 2.24) is 10.6 Å². The maximum atomic E-state index is 11.8. The summed E-state index contributed by atoms with van der Waals surface area (Å²) in [6, 6.07) is 4.71. The fraction of sp³-hybridized carbons (Fsp3) is 0.615. The largest absolute Gasteiger partial charge is 0.353 e. The van der Waals surface area contributed by atoms with E-state index in [9.17, 15) is 4.79 Å². The number of hydrogen-bond acceptors (Lipinski definition) is 3. The molecule has 100 valence electrons. The molecule has 2 heterocycles. The standard InChI is InChI=1S/C13H19ClN2OS/c1-9-8-10(6-7-15-9)16-13(17)5-3-11-2-4-12(14)18-11/h2,4,9-10,15H,3,5-8H2,1H3,(H,16,17). The smallest absolute Gasteiger partial charge is 0.220 e. The molecule has 0 spiro atoms. The predicted molar refractivity (Wildman–Crippen MR) is 76.3 cm³/mol. The third kappa shape index (κ3) is 4.26. The molecular weight excluding hydrogens is 268 g/mol. The third-order valence-corrected chi connectivity index (χ3v) is 4.51. The summed E-state index contributed by atoms with van der Waals surface area (Å²) in [5.74, 6) is 0.152. The first-order chi connectivity index (χ1) is 8.63. The van der Waals surface area contributed by atoms with Gasteiger partial charge in [-0.3, -0.25) is 4.79 Å². The first-order valence-electron chi connectivity index (χ1n) is 6.40. The Balaban J connectivity index is 1.71. The van der Waals surface area contributed by atoms with Crippen LogP contribution in [-0.4, -0.2) is 24.5 Å². The Hall–Kier alpha value is -0.580. The maximum Gasteiger partial charge on any atom is 0.220 e. The van der Waals surface area contributed by atoms with E-state index in [2.05, 4.69) is 17.6 Å². The van der Waals surface area contributed by atoms with Crippen molar-refractivity contribution in [3.63, 3.8) is 0 Å². The number of hydrogen-bond donors (Lipinski definition) is 2. The van der Waals surface area contributed by atoms with Crippen molar-refractivity contribution < 1.29 is 4.79 Å². The highest BCUT2D eigenvalue weighted by atomic mass is 35.5. The Labute approximate surface area is 117 Å². The molecule has 2 rings (SSSR count). The molecule has 3 nitrogen and oxygen atoms in total. The minimum atomic E-state index is 0.152. The monoisotopic (exact) mass is 286 g/mol. The van der Waals surface area contributed by atoms with Crippen LogP contribution >= 0.6 is 22.9 Å². The van der Waals surface area contributed by atoms with E-state index < -0.39 is 0 Å². The van der Waals surface area contributed by atoms with Crippen LogP contribution in [0, 0.1) is 0 Å². The quantitative estimate of drug-likeness (QED) is 0.893. The molecule has 1 amide bonds. The molecular formula is C13H19ClN2OS. The summed E-state index contributed by atoms with van der Waals surface area (Å²) in [4.78, 5) is 13.0. The lowest BCUT2D eigenvalue weighted by atomic mass is 10.0. The van der Waals surface area contributed by atoms with Crippen molar-refractivity contribution in [2.75, 3.05) is 6.54 Å². The molecule has 0 aromatic carbocycles. The number of amides is 1. The fourth-order valence-electron chi connectivity index (χ4n) is 2.29. The highest BCUT2D eigenvalue weighted by Gasteiger charge is 2.19. The molecule has 1 aromatic heterocycles. The van der Waals surface area contributed by atoms with Crippen LogP contribution in [0.3, 0.4) is 0 Å². The number of aryl methyl sites for hydroxylation is 1. The molecule has 2 unspecified atom stereocenters. The topological polar surface area (TPSA) is 41.1 Å². The van der Waals surface area contributed by atoms with E-state index in [4.69, 9.17) is 11.6 Å². The SMILES string of the molecule is CC1CC(NC(=O)CCc2ccc(Cl)s2)CCN1. The molecule has 1 saturated heterocycles. The van der Waals surface area contributed by atoms with Gasteiger partial charge in [-0.1, -0.05) is 11.6 Å². The fourth-order valence-corrected chi connectivity index (χ4v) is 3.37. The van der Waals surface area contributed by atoms with Crippen molar-refractivity contribution >= 4 is 28.8 Å². The van der Waals surface area contributed by atoms with Crippen molar-refractivity contribution in [2.24, 2.45) is 0 Å². The number of nitrogens with one attached hydrogen (secondary N) is 2. The highest BCUT2D eigenvalue weighted by Crippen LogP contribution is 2.22. The molecule has 0 aliphatic carbocycles. The zero-order valence-corrected chi connectivity index (χ0v) is 12.1. The van der Waals surface area contributed by atoms with E-state index >= 15 is 0 Å². The zero-order valence-electron chi connectivity index (χ0n) is 10.5. The molecule has 2 atom stereocenters. The van der Waals surface area contributed by atoms with Gasteiger partial charge in [-0.2, -0.15) is 0 Å². The number of halogens is 1. The van der Waals surface area contributed by atoms with Crippen molar-refractivity contribution in [2.45, 2.75) is 44.7 Å². The lowest BCUT2D eigenvalue weighted by Crippen LogP contribution is -2.46. The number of carbonyl (C=O) groups is 1. The molecule has 1 fully saturated rings. The van der Waals surface area contributed by atoms with E-state index in [-0.39, 0.29) is 5.91 Å². The number of piperidine rings is 1. The lowest BCUT2D eigenvalue weighted by molar-refractivity contribution is -0.121. The second kappa shape index (κ2) is 6.55. The number of carbonyl (C=O) groups excluding carboxylic acids is 1. The van der Waals surface area contributed by atoms with E-state index in [0.717, 1.165) is 30.1 Å². The number of thiophene rings is 1. The van der Waals surface area contributed by atoms with Gasteiger partial charge in [-0.15, -0.1) is 11.3 Å². The summed E-state index contributed by atoms with van der Waals surface area (Å²) in [7, 11) is 0. The molecule has 0 radical (unpaired) electrons. The Bertz CT molecular complexity index is 407. The van der Waals surface area contributed by atoms with Crippen LogP contribution < -0.4 is 10.6 Å². The van der Waals surface area contributed by atoms with Gasteiger partial charge < -0.3 is 10.6 Å². The highest BCUT2D eigenvalue weighted by molar-refractivity contribution is 7.16. The summed E-state index contributed by atoms with van der Waals surface area (Å²) in [5, 5.41) is 6.50. The normalized spacial score (nSPS) is 23.9. The average Bonchev–Trinajstić information content (AvgIpc) is 2.73. The van der Waals surface area contributed by atoms with Gasteiger partial charge >= 0.3 is 0 Å². The minimum absolute atomic E-state index is 0.152. The van der Waals surface area contributed by atoms with Crippen LogP contribution in [0.1, 0.15) is 31.1 Å². The Morgan fingerprint density at radius 3 is 3.11 bits per heavy atom. The van der Waals surface area contributed by atoms with Gasteiger partial charge in [0.1, 0.15) is 0 Å². The van der Waals surface area contributed by atoms with Crippen LogP contribution in [0.4, 0.5) is 0 Å². The molecule has 5 heteroatoms. The van der Waals surface area contributed by atoms with E-state index in [1.54, 1.807) is 11.3 Å². The van der Waals surface area contributed by atoms with Crippen LogP contribution in [0.25, 0.3) is 0 Å². The van der Waals surface area contributed by atoms with Crippen LogP contribution in [0.15, 0.2) is 12.1 Å². The van der Waals surface area contributed by atoms with Gasteiger partial charge in [0.15, 0.2) is 0 Å². The van der Waals surface area contributed by atoms with E-state index in [0.29, 0.717) is 18.5 Å². The van der Waals surface area contributed by atoms with Crippen molar-refractivity contribution in [3.8, 4) is 0 Å². The summed E-state index contributed by atoms with van der Waals surface area (Å²) >= 11 is 7.41. The molecule has 18 heavy (non-hydrogen) atoms. The molecule has 1 aliphatic rings. The van der Waals surface area contributed by atoms with Crippen LogP contribution in [0.5, 0.6) is 0 Å². The Morgan fingerprint density at radius 2 is 2.44 bits per heavy atom. The molecule has 1 aliphatic heterocycles. The van der Waals surface area contributed by atoms with Crippen LogP contribution in [0.2, 0.25) is 4.34 Å². The first kappa shape index (κ1) is 13.8. The van der Waals surface area contributed by atoms with E-state index in [1.807, 2.05) is 12.1 Å². The average molecular weight is 287 g/mol. The molecule has 0 saturated carbocycles. The first-order valence-corrected chi connectivity index (χ1v) is 7.60. The molecule has 1 aromatic rings. The summed E-state index contributed by atoms with van der Waals surface area (Å²) in [5.41, 5.74) is 0. The third-order valence-electron chi connectivity index (χ3n) is 3.22. The van der Waals surface area contributed by atoms with Crippen LogP contribution in [-0.2, 0) is 11.2 Å². The zero-order chi connectivity index (χ0) is 13.0. The second-order valence-corrected chi connectivity index (χ2v) is 6.65. The van der Waals surface area contributed by atoms with E-state index in [1.165, 1.54) is 4.88 Å². The van der Waals surface area contributed by atoms with Gasteiger partial charge in [0.2, 0.25) is 5.91 Å². The van der Waals surface area contributed by atoms with Gasteiger partial charge in [0.05, 0.1) is 4.34 Å². The predicted octanol–water partition coefficient (Wildman–Crippen LogP) is 2.59. The maximum absolute atomic E-state index is 11.8. The van der Waals surface area contributed by atoms with Gasteiger partial charge in [0.25, 0.3) is 0 Å². The molecule has 2 N–H and O–H groups in total. The summed E-state index contributed by atoms with van der Waals surface area (Å²) in [6.45, 7) is 3.15. The second-order valence-electron chi connectivity index (χ2n) is 4.85. The Kier molecular flexibility index (Phi) is 5.03. The Morgan fingerprint density at radius 1 is 1.61 bits per heavy atom. The number of rotatable bonds is 4. The summed E-state index contributed by atoms with van der Waals surface area (Å²) < 4.78 is 0.789. The summed E-state index contributed by atoms with van der Waals surface area (Å²) in [6.07, 6.45) is 3.39. The van der Waals surface area contributed by atoms with Gasteiger partial charge in [-0.25, -0.2) is 0 Å².